The number of halogens is 1. The second kappa shape index (κ2) is 7.65. The lowest BCUT2D eigenvalue weighted by molar-refractivity contribution is -0.118. The fourth-order valence-electron chi connectivity index (χ4n) is 2.04. The Kier molecular flexibility index (Phi) is 6.49. The number of carbonyl (C=O) groups is 1. The normalized spacial score (nSPS) is 12.4. The average molecular weight is 297 g/mol. The Morgan fingerprint density at radius 3 is 2.35 bits per heavy atom. The summed E-state index contributed by atoms with van der Waals surface area (Å²) in [5, 5.41) is 0.869. The highest BCUT2D eigenvalue weighted by Gasteiger charge is 2.15. The molecule has 0 spiro atoms. The van der Waals surface area contributed by atoms with Gasteiger partial charge in [0, 0.05) is 11.2 Å². The minimum absolute atomic E-state index is 0.0888. The number of alkyl halides is 1. The average Bonchev–Trinajstić information content (AvgIpc) is 2.34. The van der Waals surface area contributed by atoms with E-state index in [-0.39, 0.29) is 11.7 Å². The molecule has 0 bridgehead atoms. The fraction of sp³-hybridized carbons (Fsp3) is 0.533. The highest BCUT2D eigenvalue weighted by molar-refractivity contribution is 9.08. The third-order valence-electron chi connectivity index (χ3n) is 3.12. The maximum atomic E-state index is 11.7. The van der Waals surface area contributed by atoms with E-state index in [9.17, 15) is 4.79 Å². The van der Waals surface area contributed by atoms with Crippen molar-refractivity contribution in [1.29, 1.82) is 0 Å². The maximum Gasteiger partial charge on any atom is 0.137 e. The number of hydrogen-bond acceptors (Lipinski definition) is 1. The van der Waals surface area contributed by atoms with Gasteiger partial charge in [0.15, 0.2) is 0 Å². The molecule has 0 saturated heterocycles. The Labute approximate surface area is 113 Å². The van der Waals surface area contributed by atoms with Crippen molar-refractivity contribution in [3.05, 3.63) is 35.4 Å². The molecule has 2 heteroatoms. The van der Waals surface area contributed by atoms with Gasteiger partial charge in [-0.25, -0.2) is 0 Å². The van der Waals surface area contributed by atoms with E-state index in [2.05, 4.69) is 47.1 Å². The molecule has 1 atom stereocenters. The molecule has 0 N–H and O–H groups in total. The zero-order valence-corrected chi connectivity index (χ0v) is 12.3. The van der Waals surface area contributed by atoms with Crippen molar-refractivity contribution in [2.45, 2.75) is 50.8 Å². The Balaban J connectivity index is 2.71. The monoisotopic (exact) mass is 296 g/mol. The van der Waals surface area contributed by atoms with Crippen LogP contribution in [-0.2, 0) is 10.1 Å². The van der Waals surface area contributed by atoms with E-state index in [4.69, 9.17) is 0 Å². The number of unbranched alkanes of at least 4 members (excludes halogenated alkanes) is 2. The smallest absolute Gasteiger partial charge is 0.137 e. The second-order valence-corrected chi connectivity index (χ2v) is 5.09. The molecule has 1 rings (SSSR count). The van der Waals surface area contributed by atoms with Crippen molar-refractivity contribution in [2.24, 2.45) is 0 Å². The van der Waals surface area contributed by atoms with Crippen molar-refractivity contribution in [3.63, 3.8) is 0 Å². The molecule has 0 aromatic heterocycles. The molecule has 1 nitrogen and oxygen atoms in total. The summed E-state index contributed by atoms with van der Waals surface area (Å²) in [4.78, 5) is 11.7. The first-order chi connectivity index (χ1) is 8.19. The molecule has 17 heavy (non-hydrogen) atoms. The molecule has 0 radical (unpaired) electrons. The molecule has 94 valence electrons. The quantitative estimate of drug-likeness (QED) is 0.520. The molecule has 0 amide bonds. The lowest BCUT2D eigenvalue weighted by atomic mass is 9.90. The van der Waals surface area contributed by atoms with Crippen LogP contribution in [-0.4, -0.2) is 5.78 Å². The van der Waals surface area contributed by atoms with Gasteiger partial charge in [-0.2, -0.15) is 0 Å². The molecule has 0 heterocycles. The standard InChI is InChI=1S/C15H21BrO/c1-3-4-5-6-15(12(2)17)14-9-7-13(11-16)8-10-14/h7-10,15H,3-6,11H2,1-2H3. The summed E-state index contributed by atoms with van der Waals surface area (Å²) in [6.07, 6.45) is 4.54. The van der Waals surface area contributed by atoms with E-state index in [1.807, 2.05) is 0 Å². The van der Waals surface area contributed by atoms with Crippen molar-refractivity contribution in [3.8, 4) is 0 Å². The van der Waals surface area contributed by atoms with Crippen molar-refractivity contribution in [2.75, 3.05) is 0 Å². The largest absolute Gasteiger partial charge is 0.299 e. The van der Waals surface area contributed by atoms with Gasteiger partial charge in [-0.3, -0.25) is 4.79 Å². The molecule has 0 aliphatic heterocycles. The highest BCUT2D eigenvalue weighted by atomic mass is 79.9. The first-order valence-corrected chi connectivity index (χ1v) is 7.46. The predicted molar refractivity (Wildman–Crippen MR) is 76.6 cm³/mol. The van der Waals surface area contributed by atoms with Gasteiger partial charge in [0.25, 0.3) is 0 Å². The molecule has 0 aliphatic carbocycles. The summed E-state index contributed by atoms with van der Waals surface area (Å²) in [5.74, 6) is 0.374. The van der Waals surface area contributed by atoms with Crippen LogP contribution in [0.15, 0.2) is 24.3 Å². The van der Waals surface area contributed by atoms with Crippen LogP contribution < -0.4 is 0 Å². The minimum Gasteiger partial charge on any atom is -0.299 e. The number of hydrogen-bond donors (Lipinski definition) is 0. The van der Waals surface area contributed by atoms with E-state index < -0.39 is 0 Å². The Morgan fingerprint density at radius 1 is 1.24 bits per heavy atom. The molecular formula is C15H21BrO. The summed E-state index contributed by atoms with van der Waals surface area (Å²) < 4.78 is 0. The van der Waals surface area contributed by atoms with Crippen LogP contribution in [0, 0.1) is 0 Å². The second-order valence-electron chi connectivity index (χ2n) is 4.53. The van der Waals surface area contributed by atoms with E-state index in [1.54, 1.807) is 6.92 Å². The number of carbonyl (C=O) groups excluding carboxylic acids is 1. The van der Waals surface area contributed by atoms with E-state index >= 15 is 0 Å². The van der Waals surface area contributed by atoms with Crippen molar-refractivity contribution < 1.29 is 4.79 Å². The number of rotatable bonds is 7. The van der Waals surface area contributed by atoms with Gasteiger partial charge in [0.2, 0.25) is 0 Å². The van der Waals surface area contributed by atoms with Gasteiger partial charge >= 0.3 is 0 Å². The van der Waals surface area contributed by atoms with Crippen LogP contribution in [0.2, 0.25) is 0 Å². The first-order valence-electron chi connectivity index (χ1n) is 6.34. The highest BCUT2D eigenvalue weighted by Crippen LogP contribution is 2.24. The maximum absolute atomic E-state index is 11.7. The van der Waals surface area contributed by atoms with Crippen molar-refractivity contribution >= 4 is 21.7 Å². The predicted octanol–water partition coefficient (Wildman–Crippen LogP) is 4.83. The number of benzene rings is 1. The van der Waals surface area contributed by atoms with Crippen LogP contribution >= 0.6 is 15.9 Å². The summed E-state index contributed by atoms with van der Waals surface area (Å²) in [6, 6.07) is 8.38. The molecule has 1 unspecified atom stereocenters. The summed E-state index contributed by atoms with van der Waals surface area (Å²) in [6.45, 7) is 3.89. The Morgan fingerprint density at radius 2 is 1.88 bits per heavy atom. The van der Waals surface area contributed by atoms with Gasteiger partial charge in [0.1, 0.15) is 5.78 Å². The first kappa shape index (κ1) is 14.4. The Hall–Kier alpha value is -0.630. The molecule has 0 fully saturated rings. The van der Waals surface area contributed by atoms with E-state index in [0.717, 1.165) is 18.2 Å². The van der Waals surface area contributed by atoms with Gasteiger partial charge in [-0.1, -0.05) is 66.4 Å². The fourth-order valence-corrected chi connectivity index (χ4v) is 2.42. The van der Waals surface area contributed by atoms with E-state index in [0.29, 0.717) is 0 Å². The lowest BCUT2D eigenvalue weighted by Crippen LogP contribution is -2.09. The van der Waals surface area contributed by atoms with Crippen LogP contribution in [0.5, 0.6) is 0 Å². The Bertz CT molecular complexity index is 342. The SMILES string of the molecule is CCCCCC(C(C)=O)c1ccc(CBr)cc1. The summed E-state index contributed by atoms with van der Waals surface area (Å²) in [7, 11) is 0. The zero-order valence-electron chi connectivity index (χ0n) is 10.7. The van der Waals surface area contributed by atoms with Gasteiger partial charge in [-0.15, -0.1) is 0 Å². The molecular weight excluding hydrogens is 276 g/mol. The van der Waals surface area contributed by atoms with Crippen molar-refractivity contribution in [1.82, 2.24) is 0 Å². The number of ketones is 1. The van der Waals surface area contributed by atoms with E-state index in [1.165, 1.54) is 24.0 Å². The van der Waals surface area contributed by atoms with Crippen LogP contribution in [0.3, 0.4) is 0 Å². The van der Waals surface area contributed by atoms with Gasteiger partial charge in [0.05, 0.1) is 0 Å². The van der Waals surface area contributed by atoms with Crippen LogP contribution in [0.1, 0.15) is 56.6 Å². The lowest BCUT2D eigenvalue weighted by Gasteiger charge is -2.14. The number of Topliss-reactive ketones (excluding diaryl/α,β-unsaturated/α-hetero) is 1. The topological polar surface area (TPSA) is 17.1 Å². The van der Waals surface area contributed by atoms with Gasteiger partial charge < -0.3 is 0 Å². The zero-order chi connectivity index (χ0) is 12.7. The molecule has 1 aromatic carbocycles. The minimum atomic E-state index is 0.0888. The molecule has 0 aliphatic rings. The third-order valence-corrected chi connectivity index (χ3v) is 3.77. The van der Waals surface area contributed by atoms with Crippen LogP contribution in [0.4, 0.5) is 0 Å². The molecule has 1 aromatic rings. The van der Waals surface area contributed by atoms with Crippen LogP contribution in [0.25, 0.3) is 0 Å². The van der Waals surface area contributed by atoms with Gasteiger partial charge in [-0.05, 0) is 24.5 Å². The summed E-state index contributed by atoms with van der Waals surface area (Å²) >= 11 is 3.43. The molecule has 0 saturated carbocycles. The third kappa shape index (κ3) is 4.63. The summed E-state index contributed by atoms with van der Waals surface area (Å²) in [5.41, 5.74) is 2.42.